The summed E-state index contributed by atoms with van der Waals surface area (Å²) in [5.41, 5.74) is 33.2. The van der Waals surface area contributed by atoms with Crippen molar-refractivity contribution in [3.63, 3.8) is 0 Å². The summed E-state index contributed by atoms with van der Waals surface area (Å²) < 4.78 is 2.62. The summed E-state index contributed by atoms with van der Waals surface area (Å²) in [6.45, 7) is 4.64. The lowest BCUT2D eigenvalue weighted by atomic mass is 9.70. The van der Waals surface area contributed by atoms with E-state index >= 15 is 0 Å². The molecule has 0 N–H and O–H groups in total. The molecule has 0 bridgehead atoms. The van der Waals surface area contributed by atoms with Gasteiger partial charge in [-0.2, -0.15) is 0 Å². The molecule has 89 heavy (non-hydrogen) atoms. The number of hydrogen-bond acceptors (Lipinski definition) is 3. The van der Waals surface area contributed by atoms with Gasteiger partial charge in [-0.1, -0.05) is 269 Å². The molecular weight excluding hydrogens is 1080 g/mol. The monoisotopic (exact) mass is 1130 g/mol. The first-order valence-electron chi connectivity index (χ1n) is 30.9. The van der Waals surface area contributed by atoms with Crippen LogP contribution in [0, 0.1) is 0 Å². The van der Waals surface area contributed by atoms with Gasteiger partial charge in [0.1, 0.15) is 0 Å². The molecule has 1 aliphatic heterocycles. The summed E-state index contributed by atoms with van der Waals surface area (Å²) in [5.74, 6) is 1.86. The van der Waals surface area contributed by atoms with Crippen LogP contribution in [0.15, 0.2) is 291 Å². The van der Waals surface area contributed by atoms with Crippen molar-refractivity contribution in [3.8, 4) is 129 Å². The molecule has 0 amide bonds. The average molecular weight is 1130 g/mol. The van der Waals surface area contributed by atoms with Gasteiger partial charge in [-0.3, -0.25) is 0 Å². The van der Waals surface area contributed by atoms with Crippen LogP contribution in [0.2, 0.25) is 0 Å². The van der Waals surface area contributed by atoms with Gasteiger partial charge in [0, 0.05) is 49.6 Å². The smallest absolute Gasteiger partial charge is 0.164 e. The second-order valence-electron chi connectivity index (χ2n) is 24.9. The maximum Gasteiger partial charge on any atom is 0.164 e. The highest BCUT2D eigenvalue weighted by molar-refractivity contribution is 6.20. The van der Waals surface area contributed by atoms with Crippen LogP contribution in [0.4, 0.5) is 0 Å². The molecule has 19 rings (SSSR count). The van der Waals surface area contributed by atoms with Gasteiger partial charge in [-0.25, -0.2) is 15.0 Å². The van der Waals surface area contributed by atoms with E-state index in [0.29, 0.717) is 17.5 Å². The zero-order chi connectivity index (χ0) is 58.7. The largest absolute Gasteiger partial charge is 0.307 e. The summed E-state index contributed by atoms with van der Waals surface area (Å²) in [4.78, 5) is 16.2. The van der Waals surface area contributed by atoms with Crippen molar-refractivity contribution >= 4 is 21.8 Å². The Kier molecular flexibility index (Phi) is 10.4. The minimum Gasteiger partial charge on any atom is -0.307 e. The van der Waals surface area contributed by atoms with Gasteiger partial charge in [0.15, 0.2) is 17.5 Å². The van der Waals surface area contributed by atoms with Gasteiger partial charge in [0.2, 0.25) is 0 Å². The Labute approximate surface area is 516 Å². The zero-order valence-electron chi connectivity index (χ0n) is 49.0. The van der Waals surface area contributed by atoms with E-state index in [4.69, 9.17) is 15.0 Å². The van der Waals surface area contributed by atoms with Crippen LogP contribution in [-0.2, 0) is 10.8 Å². The number of fused-ring (bicyclic) bond motifs is 16. The Morgan fingerprint density at radius 2 is 0.708 bits per heavy atom. The topological polar surface area (TPSA) is 43.6 Å². The molecule has 0 fully saturated rings. The molecule has 4 nitrogen and oxygen atoms in total. The first-order chi connectivity index (χ1) is 43.9. The van der Waals surface area contributed by atoms with Crippen molar-refractivity contribution in [1.82, 2.24) is 19.5 Å². The van der Waals surface area contributed by atoms with Crippen LogP contribution in [0.3, 0.4) is 0 Å². The summed E-state index contributed by atoms with van der Waals surface area (Å²) in [6, 6.07) is 107. The number of nitrogens with zero attached hydrogens (tertiary/aromatic N) is 4. The number of aromatic nitrogens is 4. The third kappa shape index (κ3) is 7.03. The normalized spacial score (nSPS) is 13.7. The molecule has 0 saturated heterocycles. The minimum absolute atomic E-state index is 0.127. The van der Waals surface area contributed by atoms with Gasteiger partial charge in [-0.15, -0.1) is 0 Å². The van der Waals surface area contributed by atoms with E-state index in [1.807, 2.05) is 0 Å². The van der Waals surface area contributed by atoms with Crippen LogP contribution < -0.4 is 0 Å². The fraction of sp³-hybridized carbons (Fsp3) is 0.0471. The molecule has 13 aromatic carbocycles. The van der Waals surface area contributed by atoms with Gasteiger partial charge in [-0.05, 0) is 142 Å². The number of rotatable bonds is 7. The molecule has 0 atom stereocenters. The van der Waals surface area contributed by atoms with Crippen molar-refractivity contribution in [2.45, 2.75) is 24.7 Å². The van der Waals surface area contributed by atoms with Crippen molar-refractivity contribution < 1.29 is 0 Å². The average Bonchev–Trinajstić information content (AvgIpc) is 1.49. The SMILES string of the molecule is CC1(C)c2ccccc2-c2cc(-c3nc(-c4ccc(-c5cccc(-c6cccc7c6-n6c8ccccc8c8ccc9c(c86)-c6c-7cccc6C96c7ccccc7-c7ccccc76)c5)cc4)nc(-c4cc(-c5ccccc5)cc(-c5ccccc5)c4)n3)ccc21. The van der Waals surface area contributed by atoms with Gasteiger partial charge >= 0.3 is 0 Å². The van der Waals surface area contributed by atoms with Gasteiger partial charge in [0.25, 0.3) is 0 Å². The second-order valence-corrected chi connectivity index (χ2v) is 24.9. The second kappa shape index (κ2) is 18.6. The third-order valence-corrected chi connectivity index (χ3v) is 20.0. The molecule has 3 aliphatic carbocycles. The van der Waals surface area contributed by atoms with Crippen molar-refractivity contribution in [3.05, 3.63) is 325 Å². The fourth-order valence-electron chi connectivity index (χ4n) is 16.1. The standard InChI is InChI=1S/C85H54N4/c1-84(2)70-33-13-9-28-64(70)69-50-57(42-44-71(69)84)82-86-81(87-83(88-82)60-48-58(51-20-5-3-6-21-51)47-59(49-60)52-22-7-4-8-23-52)54-40-38-53(39-41-54)55-24-17-25-56(46-55)61-30-18-32-67-66-31-19-36-74-77(66)78-75(45-43-68-65-29-12-16-37-76(65)89(79(61)67)80(68)78)85(74)72-34-14-10-26-62(72)63-27-11-15-35-73(63)85/h3-50H,1-2H3. The maximum atomic E-state index is 5.40. The van der Waals surface area contributed by atoms with Crippen LogP contribution in [0.25, 0.3) is 151 Å². The van der Waals surface area contributed by atoms with E-state index < -0.39 is 5.41 Å². The van der Waals surface area contributed by atoms with E-state index in [-0.39, 0.29) is 5.41 Å². The van der Waals surface area contributed by atoms with E-state index in [1.54, 1.807) is 0 Å². The summed E-state index contributed by atoms with van der Waals surface area (Å²) in [6.07, 6.45) is 0. The highest BCUT2D eigenvalue weighted by atomic mass is 15.0. The molecule has 414 valence electrons. The van der Waals surface area contributed by atoms with E-state index in [9.17, 15) is 0 Å². The molecule has 0 radical (unpaired) electrons. The molecule has 15 aromatic rings. The Morgan fingerprint density at radius 1 is 0.258 bits per heavy atom. The summed E-state index contributed by atoms with van der Waals surface area (Å²) in [5, 5.41) is 2.52. The van der Waals surface area contributed by atoms with E-state index in [0.717, 1.165) is 55.6 Å². The van der Waals surface area contributed by atoms with Crippen LogP contribution in [0.1, 0.15) is 47.2 Å². The van der Waals surface area contributed by atoms with Crippen molar-refractivity contribution in [1.29, 1.82) is 0 Å². The first kappa shape index (κ1) is 49.9. The predicted molar refractivity (Wildman–Crippen MR) is 365 cm³/mol. The Morgan fingerprint density at radius 3 is 1.43 bits per heavy atom. The lowest BCUT2D eigenvalue weighted by Gasteiger charge is -2.31. The maximum absolute atomic E-state index is 5.40. The lowest BCUT2D eigenvalue weighted by Crippen LogP contribution is -2.25. The molecule has 4 aliphatic rings. The highest BCUT2D eigenvalue weighted by Gasteiger charge is 2.53. The predicted octanol–water partition coefficient (Wildman–Crippen LogP) is 21.3. The molecular formula is C85H54N4. The van der Waals surface area contributed by atoms with Crippen LogP contribution in [0.5, 0.6) is 0 Å². The molecule has 0 saturated carbocycles. The number of para-hydroxylation sites is 2. The molecule has 0 unspecified atom stereocenters. The number of benzene rings is 13. The number of hydrogen-bond donors (Lipinski definition) is 0. The minimum atomic E-state index is -0.454. The van der Waals surface area contributed by atoms with Crippen molar-refractivity contribution in [2.24, 2.45) is 0 Å². The van der Waals surface area contributed by atoms with E-state index in [1.165, 1.54) is 111 Å². The first-order valence-corrected chi connectivity index (χ1v) is 30.9. The van der Waals surface area contributed by atoms with E-state index in [2.05, 4.69) is 310 Å². The molecule has 3 heterocycles. The fourth-order valence-corrected chi connectivity index (χ4v) is 16.1. The molecule has 1 spiro atoms. The van der Waals surface area contributed by atoms with Gasteiger partial charge in [0.05, 0.1) is 22.1 Å². The quantitative estimate of drug-likeness (QED) is 0.160. The summed E-state index contributed by atoms with van der Waals surface area (Å²) >= 11 is 0. The molecule has 2 aromatic heterocycles. The van der Waals surface area contributed by atoms with Crippen LogP contribution >= 0.6 is 0 Å². The third-order valence-electron chi connectivity index (χ3n) is 20.0. The Bertz CT molecular complexity index is 5410. The van der Waals surface area contributed by atoms with Gasteiger partial charge < -0.3 is 4.57 Å². The zero-order valence-corrected chi connectivity index (χ0v) is 49.0. The lowest BCUT2D eigenvalue weighted by molar-refractivity contribution is 0.660. The Balaban J connectivity index is 0.755. The Hall–Kier alpha value is -11.3. The molecule has 4 heteroatoms. The van der Waals surface area contributed by atoms with Crippen LogP contribution in [-0.4, -0.2) is 19.5 Å². The van der Waals surface area contributed by atoms with Crippen molar-refractivity contribution in [2.75, 3.05) is 0 Å². The summed E-state index contributed by atoms with van der Waals surface area (Å²) in [7, 11) is 0. The highest BCUT2D eigenvalue weighted by Crippen LogP contribution is 2.67.